The SMILES string of the molecule is CC(C)/C=C/[C@@H](CC1O[C@](O)(C[C@@H](O)C(C)C)CC(O)C1C(=O)O)OC1OC(C)C(O)C(N)C1O. The Balaban J connectivity index is 2.29. The molecule has 2 heterocycles. The summed E-state index contributed by atoms with van der Waals surface area (Å²) in [6.45, 7) is 8.99. The van der Waals surface area contributed by atoms with E-state index < -0.39 is 72.7 Å². The first kappa shape index (κ1) is 30.1. The van der Waals surface area contributed by atoms with E-state index in [-0.39, 0.29) is 31.1 Å². The maximum absolute atomic E-state index is 12.0. The van der Waals surface area contributed by atoms with Crippen molar-refractivity contribution in [2.45, 2.75) is 115 Å². The minimum Gasteiger partial charge on any atom is -0.481 e. The minimum atomic E-state index is -1.94. The van der Waals surface area contributed by atoms with Crippen LogP contribution < -0.4 is 5.73 Å². The minimum absolute atomic E-state index is 0.101. The van der Waals surface area contributed by atoms with Crippen molar-refractivity contribution in [3.05, 3.63) is 12.2 Å². The maximum atomic E-state index is 12.0. The second-order valence-electron chi connectivity index (χ2n) is 10.6. The number of aliphatic hydroxyl groups is 5. The smallest absolute Gasteiger partial charge is 0.311 e. The summed E-state index contributed by atoms with van der Waals surface area (Å²) in [6, 6.07) is -1.01. The number of nitrogens with two attached hydrogens (primary N) is 1. The van der Waals surface area contributed by atoms with Gasteiger partial charge in [-0.3, -0.25) is 4.79 Å². The van der Waals surface area contributed by atoms with Gasteiger partial charge in [0.25, 0.3) is 0 Å². The number of carbonyl (C=O) groups is 1. The summed E-state index contributed by atoms with van der Waals surface area (Å²) in [7, 11) is 0. The van der Waals surface area contributed by atoms with Gasteiger partial charge in [-0.05, 0) is 18.8 Å². The molecule has 0 saturated carbocycles. The third kappa shape index (κ3) is 7.91. The summed E-state index contributed by atoms with van der Waals surface area (Å²) >= 11 is 0. The van der Waals surface area contributed by atoms with Crippen LogP contribution in [0, 0.1) is 17.8 Å². The zero-order valence-corrected chi connectivity index (χ0v) is 21.1. The van der Waals surface area contributed by atoms with Crippen LogP contribution in [0.2, 0.25) is 0 Å². The Hall–Kier alpha value is -1.15. The highest BCUT2D eigenvalue weighted by atomic mass is 16.7. The lowest BCUT2D eigenvalue weighted by Crippen LogP contribution is -2.61. The molecule has 2 fully saturated rings. The van der Waals surface area contributed by atoms with Crippen LogP contribution >= 0.6 is 0 Å². The van der Waals surface area contributed by atoms with E-state index in [1.165, 1.54) is 0 Å². The van der Waals surface area contributed by atoms with Crippen LogP contribution in [-0.4, -0.2) is 97.5 Å². The lowest BCUT2D eigenvalue weighted by molar-refractivity contribution is -0.309. The van der Waals surface area contributed by atoms with Crippen LogP contribution in [0.25, 0.3) is 0 Å². The number of rotatable bonds is 10. The maximum Gasteiger partial charge on any atom is 0.311 e. The molecule has 11 atom stereocenters. The van der Waals surface area contributed by atoms with E-state index in [2.05, 4.69) is 0 Å². The normalized spacial score (nSPS) is 40.4. The first-order valence-electron chi connectivity index (χ1n) is 12.2. The quantitative estimate of drug-likeness (QED) is 0.193. The Labute approximate surface area is 206 Å². The summed E-state index contributed by atoms with van der Waals surface area (Å²) < 4.78 is 17.4. The summed E-state index contributed by atoms with van der Waals surface area (Å²) in [4.78, 5) is 12.0. The molecule has 8 N–H and O–H groups in total. The molecule has 35 heavy (non-hydrogen) atoms. The van der Waals surface area contributed by atoms with E-state index in [1.807, 2.05) is 19.9 Å². The molecule has 204 valence electrons. The molecule has 0 bridgehead atoms. The monoisotopic (exact) mass is 505 g/mol. The Morgan fingerprint density at radius 2 is 1.80 bits per heavy atom. The van der Waals surface area contributed by atoms with Gasteiger partial charge < -0.3 is 50.6 Å². The van der Waals surface area contributed by atoms with E-state index in [4.69, 9.17) is 19.9 Å². The number of aliphatic hydroxyl groups excluding tert-OH is 4. The Kier molecular flexibility index (Phi) is 10.7. The zero-order chi connectivity index (χ0) is 26.7. The Bertz CT molecular complexity index is 718. The van der Waals surface area contributed by atoms with Gasteiger partial charge >= 0.3 is 5.97 Å². The van der Waals surface area contributed by atoms with Gasteiger partial charge in [-0.25, -0.2) is 0 Å². The highest BCUT2D eigenvalue weighted by Crippen LogP contribution is 2.38. The lowest BCUT2D eigenvalue weighted by atomic mass is 9.82. The molecular formula is C24H43NO10. The third-order valence-electron chi connectivity index (χ3n) is 6.68. The second kappa shape index (κ2) is 12.4. The van der Waals surface area contributed by atoms with Crippen molar-refractivity contribution >= 4 is 5.97 Å². The van der Waals surface area contributed by atoms with E-state index in [0.29, 0.717) is 0 Å². The zero-order valence-electron chi connectivity index (χ0n) is 21.1. The molecule has 0 aromatic heterocycles. The first-order chi connectivity index (χ1) is 16.1. The van der Waals surface area contributed by atoms with Gasteiger partial charge in [0.15, 0.2) is 12.1 Å². The van der Waals surface area contributed by atoms with Gasteiger partial charge in [0.2, 0.25) is 0 Å². The molecule has 2 aliphatic rings. The summed E-state index contributed by atoms with van der Waals surface area (Å²) in [6.07, 6.45) is -5.91. The molecule has 2 rings (SSSR count). The van der Waals surface area contributed by atoms with Crippen LogP contribution in [0.4, 0.5) is 0 Å². The van der Waals surface area contributed by atoms with Crippen molar-refractivity contribution in [3.8, 4) is 0 Å². The van der Waals surface area contributed by atoms with Crippen molar-refractivity contribution in [2.24, 2.45) is 23.5 Å². The van der Waals surface area contributed by atoms with Crippen LogP contribution in [0.3, 0.4) is 0 Å². The summed E-state index contributed by atoms with van der Waals surface area (Å²) in [5.74, 6) is -4.66. The first-order valence-corrected chi connectivity index (χ1v) is 12.2. The van der Waals surface area contributed by atoms with Gasteiger partial charge in [-0.15, -0.1) is 0 Å². The highest BCUT2D eigenvalue weighted by molar-refractivity contribution is 5.71. The molecule has 0 radical (unpaired) electrons. The Morgan fingerprint density at radius 1 is 1.17 bits per heavy atom. The van der Waals surface area contributed by atoms with E-state index in [1.54, 1.807) is 26.8 Å². The molecular weight excluding hydrogens is 462 g/mol. The van der Waals surface area contributed by atoms with E-state index in [0.717, 1.165) is 0 Å². The molecule has 2 aliphatic heterocycles. The molecule has 2 saturated heterocycles. The van der Waals surface area contributed by atoms with Crippen molar-refractivity contribution < 1.29 is 49.6 Å². The average Bonchev–Trinajstić information content (AvgIpc) is 2.72. The molecule has 0 aromatic rings. The number of hydrogen-bond acceptors (Lipinski definition) is 10. The van der Waals surface area contributed by atoms with Gasteiger partial charge in [-0.1, -0.05) is 39.8 Å². The second-order valence-corrected chi connectivity index (χ2v) is 10.6. The van der Waals surface area contributed by atoms with Crippen LogP contribution in [0.15, 0.2) is 12.2 Å². The fourth-order valence-electron chi connectivity index (χ4n) is 4.43. The van der Waals surface area contributed by atoms with Crippen molar-refractivity contribution in [3.63, 3.8) is 0 Å². The lowest BCUT2D eigenvalue weighted by Gasteiger charge is -2.45. The largest absolute Gasteiger partial charge is 0.481 e. The van der Waals surface area contributed by atoms with Gasteiger partial charge in [0.05, 0.1) is 42.7 Å². The molecule has 0 aliphatic carbocycles. The molecule has 0 amide bonds. The van der Waals surface area contributed by atoms with Gasteiger partial charge in [0.1, 0.15) is 12.0 Å². The van der Waals surface area contributed by atoms with Crippen molar-refractivity contribution in [1.82, 2.24) is 0 Å². The number of carboxylic acid groups (broad SMARTS) is 1. The number of allylic oxidation sites excluding steroid dienone is 1. The molecule has 0 spiro atoms. The standard InChI is InChI=1S/C24H43NO10/c1-11(2)6-7-14(34-23-21(29)19(25)20(28)13(5)33-23)8-17-18(22(30)31)16(27)10-24(32,35-17)9-15(26)12(3)4/h6-7,11-21,23,26-29,32H,8-10,25H2,1-5H3,(H,30,31)/b7-6+/t13?,14-,15+,16?,17?,18?,19?,20?,21?,23?,24+/m0/s1. The fourth-order valence-corrected chi connectivity index (χ4v) is 4.43. The van der Waals surface area contributed by atoms with Gasteiger partial charge in [-0.2, -0.15) is 0 Å². The predicted molar refractivity (Wildman–Crippen MR) is 125 cm³/mol. The Morgan fingerprint density at radius 3 is 2.34 bits per heavy atom. The van der Waals surface area contributed by atoms with E-state index >= 15 is 0 Å². The number of ether oxygens (including phenoxy) is 3. The molecule has 8 unspecified atom stereocenters. The van der Waals surface area contributed by atoms with Crippen LogP contribution in [0.5, 0.6) is 0 Å². The van der Waals surface area contributed by atoms with Crippen LogP contribution in [-0.2, 0) is 19.0 Å². The molecule has 0 aromatic carbocycles. The van der Waals surface area contributed by atoms with Crippen molar-refractivity contribution in [2.75, 3.05) is 0 Å². The topological polar surface area (TPSA) is 192 Å². The number of hydrogen-bond donors (Lipinski definition) is 7. The predicted octanol–water partition coefficient (Wildman–Crippen LogP) is -0.286. The number of aliphatic carboxylic acids is 1. The number of carboxylic acids is 1. The summed E-state index contributed by atoms with van der Waals surface area (Å²) in [5, 5.41) is 62.2. The van der Waals surface area contributed by atoms with Crippen LogP contribution in [0.1, 0.15) is 53.9 Å². The molecule has 11 heteroatoms. The fraction of sp³-hybridized carbons (Fsp3) is 0.875. The van der Waals surface area contributed by atoms with E-state index in [9.17, 15) is 35.4 Å². The highest BCUT2D eigenvalue weighted by Gasteiger charge is 2.50. The average molecular weight is 506 g/mol. The third-order valence-corrected chi connectivity index (χ3v) is 6.68. The molecule has 11 nitrogen and oxygen atoms in total. The van der Waals surface area contributed by atoms with Gasteiger partial charge in [0, 0.05) is 19.3 Å². The summed E-state index contributed by atoms with van der Waals surface area (Å²) in [5.41, 5.74) is 5.90. The van der Waals surface area contributed by atoms with Crippen molar-refractivity contribution in [1.29, 1.82) is 0 Å².